The number of methoxy groups -OCH3 is 1. The summed E-state index contributed by atoms with van der Waals surface area (Å²) in [6, 6.07) is 7.10. The molecule has 0 fully saturated rings. The van der Waals surface area contributed by atoms with Crippen LogP contribution in [-0.2, 0) is 0 Å². The molecule has 0 bridgehead atoms. The maximum Gasteiger partial charge on any atom is 0.147 e. The summed E-state index contributed by atoms with van der Waals surface area (Å²) in [5.74, 6) is 1.16. The Morgan fingerprint density at radius 2 is 2.16 bits per heavy atom. The molecular formula is C14H17N3O2. The van der Waals surface area contributed by atoms with Crippen LogP contribution in [0.1, 0.15) is 17.4 Å². The monoisotopic (exact) mass is 259 g/mol. The van der Waals surface area contributed by atoms with Crippen molar-refractivity contribution in [3.05, 3.63) is 41.9 Å². The lowest BCUT2D eigenvalue weighted by Crippen LogP contribution is -2.17. The van der Waals surface area contributed by atoms with Gasteiger partial charge in [-0.1, -0.05) is 11.6 Å². The molecule has 1 heterocycles. The summed E-state index contributed by atoms with van der Waals surface area (Å²) in [6.07, 6.45) is 1.63. The van der Waals surface area contributed by atoms with Crippen molar-refractivity contribution in [2.24, 2.45) is 5.73 Å². The average molecular weight is 259 g/mol. The Hall–Kier alpha value is -1.98. The molecule has 0 amide bonds. The lowest BCUT2D eigenvalue weighted by Gasteiger charge is -2.11. The van der Waals surface area contributed by atoms with E-state index in [9.17, 15) is 0 Å². The minimum Gasteiger partial charge on any atom is -0.496 e. The molecule has 0 spiro atoms. The van der Waals surface area contributed by atoms with E-state index in [2.05, 4.69) is 9.97 Å². The fourth-order valence-corrected chi connectivity index (χ4v) is 1.81. The van der Waals surface area contributed by atoms with Gasteiger partial charge in [-0.2, -0.15) is 0 Å². The fraction of sp³-hybridized carbons (Fsp3) is 0.286. The molecule has 19 heavy (non-hydrogen) atoms. The quantitative estimate of drug-likeness (QED) is 0.868. The maximum absolute atomic E-state index is 9.06. The van der Waals surface area contributed by atoms with Crippen LogP contribution in [0.2, 0.25) is 0 Å². The van der Waals surface area contributed by atoms with Gasteiger partial charge in [-0.3, -0.25) is 0 Å². The molecule has 1 atom stereocenters. The minimum atomic E-state index is -0.573. The third kappa shape index (κ3) is 2.89. The summed E-state index contributed by atoms with van der Waals surface area (Å²) in [5.41, 5.74) is 8.47. The van der Waals surface area contributed by atoms with E-state index >= 15 is 0 Å². The molecule has 3 N–H and O–H groups in total. The van der Waals surface area contributed by atoms with Gasteiger partial charge in [0.05, 0.1) is 25.5 Å². The summed E-state index contributed by atoms with van der Waals surface area (Å²) in [7, 11) is 1.62. The van der Waals surface area contributed by atoms with E-state index in [4.69, 9.17) is 15.6 Å². The predicted molar refractivity (Wildman–Crippen MR) is 72.8 cm³/mol. The van der Waals surface area contributed by atoms with E-state index < -0.39 is 6.04 Å². The maximum atomic E-state index is 9.06. The van der Waals surface area contributed by atoms with Crippen LogP contribution < -0.4 is 10.5 Å². The molecule has 2 rings (SSSR count). The molecule has 1 aromatic carbocycles. The van der Waals surface area contributed by atoms with E-state index in [1.54, 1.807) is 19.4 Å². The summed E-state index contributed by atoms with van der Waals surface area (Å²) in [6.45, 7) is 1.82. The molecule has 100 valence electrons. The van der Waals surface area contributed by atoms with Crippen LogP contribution in [0.25, 0.3) is 11.3 Å². The molecule has 0 saturated heterocycles. The Labute approximate surface area is 112 Å². The van der Waals surface area contributed by atoms with Gasteiger partial charge < -0.3 is 15.6 Å². The zero-order valence-electron chi connectivity index (χ0n) is 11.0. The highest BCUT2D eigenvalue weighted by molar-refractivity contribution is 5.67. The largest absolute Gasteiger partial charge is 0.496 e. The van der Waals surface area contributed by atoms with Gasteiger partial charge in [0, 0.05) is 11.8 Å². The summed E-state index contributed by atoms with van der Waals surface area (Å²) in [4.78, 5) is 8.46. The lowest BCUT2D eigenvalue weighted by molar-refractivity contribution is 0.263. The second-order valence-electron chi connectivity index (χ2n) is 4.29. The summed E-state index contributed by atoms with van der Waals surface area (Å²) in [5, 5.41) is 9.06. The first-order chi connectivity index (χ1) is 9.15. The number of aromatic nitrogens is 2. The van der Waals surface area contributed by atoms with E-state index in [0.717, 1.165) is 22.6 Å². The van der Waals surface area contributed by atoms with Gasteiger partial charge in [-0.05, 0) is 25.1 Å². The molecular weight excluding hydrogens is 242 g/mol. The molecule has 2 aromatic rings. The van der Waals surface area contributed by atoms with Crippen molar-refractivity contribution < 1.29 is 9.84 Å². The molecule has 0 radical (unpaired) electrons. The summed E-state index contributed by atoms with van der Waals surface area (Å²) < 4.78 is 5.34. The van der Waals surface area contributed by atoms with Crippen LogP contribution in [0.5, 0.6) is 5.75 Å². The molecule has 1 unspecified atom stereocenters. The Balaban J connectivity index is 2.49. The van der Waals surface area contributed by atoms with Crippen LogP contribution in [0, 0.1) is 6.92 Å². The molecule has 0 aliphatic rings. The van der Waals surface area contributed by atoms with E-state index in [0.29, 0.717) is 5.82 Å². The van der Waals surface area contributed by atoms with Crippen LogP contribution >= 0.6 is 0 Å². The number of aryl methyl sites for hydroxylation is 1. The third-order valence-electron chi connectivity index (χ3n) is 2.83. The standard InChI is InChI=1S/C14H17N3O2/c1-9-3-4-13(19-2)10(7-9)12-5-6-16-14(17-12)11(15)8-18/h3-7,11,18H,8,15H2,1-2H3. The Bertz CT molecular complexity index is 572. The second kappa shape index (κ2) is 5.77. The second-order valence-corrected chi connectivity index (χ2v) is 4.29. The van der Waals surface area contributed by atoms with Crippen LogP contribution in [0.3, 0.4) is 0 Å². The highest BCUT2D eigenvalue weighted by Gasteiger charge is 2.12. The molecule has 5 nitrogen and oxygen atoms in total. The van der Waals surface area contributed by atoms with E-state index in [1.807, 2.05) is 25.1 Å². The molecule has 0 aliphatic heterocycles. The highest BCUT2D eigenvalue weighted by Crippen LogP contribution is 2.29. The van der Waals surface area contributed by atoms with Crippen molar-refractivity contribution in [3.8, 4) is 17.0 Å². The first-order valence-corrected chi connectivity index (χ1v) is 6.00. The number of rotatable bonds is 4. The number of ether oxygens (including phenoxy) is 1. The van der Waals surface area contributed by atoms with E-state index in [1.165, 1.54) is 0 Å². The number of nitrogens with zero attached hydrogens (tertiary/aromatic N) is 2. The number of nitrogens with two attached hydrogens (primary N) is 1. The zero-order valence-corrected chi connectivity index (χ0v) is 11.0. The van der Waals surface area contributed by atoms with Gasteiger partial charge in [-0.15, -0.1) is 0 Å². The van der Waals surface area contributed by atoms with Crippen LogP contribution in [0.15, 0.2) is 30.5 Å². The number of hydrogen-bond donors (Lipinski definition) is 2. The Kier molecular flexibility index (Phi) is 4.09. The number of aliphatic hydroxyl groups is 1. The first kappa shape index (κ1) is 13.5. The first-order valence-electron chi connectivity index (χ1n) is 6.00. The molecule has 5 heteroatoms. The van der Waals surface area contributed by atoms with Gasteiger partial charge in [-0.25, -0.2) is 9.97 Å². The minimum absolute atomic E-state index is 0.186. The predicted octanol–water partition coefficient (Wildman–Crippen LogP) is 1.45. The smallest absolute Gasteiger partial charge is 0.147 e. The average Bonchev–Trinajstić information content (AvgIpc) is 2.46. The summed E-state index contributed by atoms with van der Waals surface area (Å²) >= 11 is 0. The normalized spacial score (nSPS) is 12.2. The Morgan fingerprint density at radius 3 is 2.84 bits per heavy atom. The van der Waals surface area contributed by atoms with Gasteiger partial charge >= 0.3 is 0 Å². The van der Waals surface area contributed by atoms with Gasteiger partial charge in [0.1, 0.15) is 11.6 Å². The van der Waals surface area contributed by atoms with Crippen molar-refractivity contribution in [3.63, 3.8) is 0 Å². The topological polar surface area (TPSA) is 81.3 Å². The number of hydrogen-bond acceptors (Lipinski definition) is 5. The van der Waals surface area contributed by atoms with Crippen molar-refractivity contribution in [2.75, 3.05) is 13.7 Å². The van der Waals surface area contributed by atoms with Gasteiger partial charge in [0.2, 0.25) is 0 Å². The zero-order chi connectivity index (χ0) is 13.8. The molecule has 1 aromatic heterocycles. The van der Waals surface area contributed by atoms with Crippen LogP contribution in [0.4, 0.5) is 0 Å². The number of aliphatic hydroxyl groups excluding tert-OH is 1. The van der Waals surface area contributed by atoms with Crippen molar-refractivity contribution in [1.82, 2.24) is 9.97 Å². The number of benzene rings is 1. The third-order valence-corrected chi connectivity index (χ3v) is 2.83. The van der Waals surface area contributed by atoms with Crippen LogP contribution in [-0.4, -0.2) is 28.8 Å². The van der Waals surface area contributed by atoms with Crippen molar-refractivity contribution in [2.45, 2.75) is 13.0 Å². The fourth-order valence-electron chi connectivity index (χ4n) is 1.81. The van der Waals surface area contributed by atoms with Gasteiger partial charge in [0.25, 0.3) is 0 Å². The Morgan fingerprint density at radius 1 is 1.37 bits per heavy atom. The lowest BCUT2D eigenvalue weighted by atomic mass is 10.1. The highest BCUT2D eigenvalue weighted by atomic mass is 16.5. The van der Waals surface area contributed by atoms with Gasteiger partial charge in [0.15, 0.2) is 0 Å². The van der Waals surface area contributed by atoms with Crippen molar-refractivity contribution >= 4 is 0 Å². The molecule has 0 aliphatic carbocycles. The van der Waals surface area contributed by atoms with E-state index in [-0.39, 0.29) is 6.61 Å². The SMILES string of the molecule is COc1ccc(C)cc1-c1ccnc(C(N)CO)n1. The molecule has 0 saturated carbocycles. The van der Waals surface area contributed by atoms with Crippen molar-refractivity contribution in [1.29, 1.82) is 0 Å².